The molecule has 0 spiro atoms. The van der Waals surface area contributed by atoms with Crippen molar-refractivity contribution >= 4 is 12.1 Å². The van der Waals surface area contributed by atoms with Crippen LogP contribution in [0.4, 0.5) is 0 Å². The number of hydrogen-bond donors (Lipinski definition) is 2. The maximum absolute atomic E-state index is 12.2. The van der Waals surface area contributed by atoms with Gasteiger partial charge in [-0.2, -0.15) is 5.10 Å². The molecule has 6 heteroatoms. The van der Waals surface area contributed by atoms with Gasteiger partial charge in [0.05, 0.1) is 6.21 Å². The van der Waals surface area contributed by atoms with E-state index in [2.05, 4.69) is 31.3 Å². The second kappa shape index (κ2) is 6.47. The van der Waals surface area contributed by atoms with Crippen molar-refractivity contribution in [3.8, 4) is 17.2 Å². The van der Waals surface area contributed by atoms with Crippen LogP contribution in [-0.2, 0) is 5.41 Å². The second-order valence-electron chi connectivity index (χ2n) is 6.79. The van der Waals surface area contributed by atoms with E-state index in [1.807, 2.05) is 12.1 Å². The molecule has 0 aromatic heterocycles. The van der Waals surface area contributed by atoms with E-state index in [0.717, 1.165) is 5.56 Å². The van der Waals surface area contributed by atoms with E-state index < -0.39 is 0 Å². The van der Waals surface area contributed by atoms with Gasteiger partial charge in [0, 0.05) is 11.1 Å². The monoisotopic (exact) mass is 340 g/mol. The minimum Gasteiger partial charge on any atom is -0.507 e. The Morgan fingerprint density at radius 3 is 2.68 bits per heavy atom. The first-order chi connectivity index (χ1) is 11.8. The largest absolute Gasteiger partial charge is 0.507 e. The Balaban J connectivity index is 1.72. The Hall–Kier alpha value is -3.02. The Morgan fingerprint density at radius 2 is 1.92 bits per heavy atom. The molecule has 1 aliphatic rings. The minimum atomic E-state index is -0.374. The Morgan fingerprint density at radius 1 is 1.16 bits per heavy atom. The molecule has 0 aliphatic carbocycles. The number of rotatable bonds is 3. The predicted octanol–water partition coefficient (Wildman–Crippen LogP) is 3.18. The SMILES string of the molecule is CC(C)(C)c1ccc(O)c(/C=N\NC(=O)c2ccc3c(c2)OCO3)c1. The molecule has 3 rings (SSSR count). The number of carbonyl (C=O) groups excluding carboxylic acids is 1. The third-order valence-electron chi connectivity index (χ3n) is 3.90. The standard InChI is InChI=1S/C19H20N2O4/c1-19(2,3)14-5-6-15(22)13(8-14)10-20-21-18(23)12-4-7-16-17(9-12)25-11-24-16/h4-10,22H,11H2,1-3H3,(H,21,23)/b20-10-. The maximum atomic E-state index is 12.2. The number of hydrazone groups is 1. The zero-order valence-corrected chi connectivity index (χ0v) is 14.4. The molecule has 1 aliphatic heterocycles. The lowest BCUT2D eigenvalue weighted by Gasteiger charge is -2.19. The third kappa shape index (κ3) is 3.74. The van der Waals surface area contributed by atoms with Crippen LogP contribution in [0.25, 0.3) is 0 Å². The van der Waals surface area contributed by atoms with Crippen LogP contribution in [0.2, 0.25) is 0 Å². The summed E-state index contributed by atoms with van der Waals surface area (Å²) in [4.78, 5) is 12.2. The van der Waals surface area contributed by atoms with Gasteiger partial charge in [-0.3, -0.25) is 4.79 Å². The van der Waals surface area contributed by atoms with Crippen LogP contribution in [0.15, 0.2) is 41.5 Å². The van der Waals surface area contributed by atoms with Crippen molar-refractivity contribution in [3.05, 3.63) is 53.1 Å². The molecule has 0 fully saturated rings. The topological polar surface area (TPSA) is 80.2 Å². The lowest BCUT2D eigenvalue weighted by molar-refractivity contribution is 0.0954. The number of fused-ring (bicyclic) bond motifs is 1. The first-order valence-electron chi connectivity index (χ1n) is 7.91. The zero-order chi connectivity index (χ0) is 18.0. The van der Waals surface area contributed by atoms with Crippen LogP contribution >= 0.6 is 0 Å². The quantitative estimate of drug-likeness (QED) is 0.664. The van der Waals surface area contributed by atoms with E-state index in [9.17, 15) is 9.90 Å². The zero-order valence-electron chi connectivity index (χ0n) is 14.4. The number of amides is 1. The fraction of sp³-hybridized carbons (Fsp3) is 0.263. The second-order valence-corrected chi connectivity index (χ2v) is 6.79. The summed E-state index contributed by atoms with van der Waals surface area (Å²) in [5.41, 5.74) is 4.41. The molecule has 0 radical (unpaired) electrons. The van der Waals surface area contributed by atoms with Crippen LogP contribution in [0.1, 0.15) is 42.3 Å². The van der Waals surface area contributed by atoms with Crippen molar-refractivity contribution in [2.45, 2.75) is 26.2 Å². The first kappa shape index (κ1) is 16.8. The Bertz CT molecular complexity index is 838. The number of benzene rings is 2. The molecule has 25 heavy (non-hydrogen) atoms. The highest BCUT2D eigenvalue weighted by molar-refractivity contribution is 5.95. The number of ether oxygens (including phenoxy) is 2. The highest BCUT2D eigenvalue weighted by Gasteiger charge is 2.16. The molecule has 2 aromatic rings. The molecule has 1 heterocycles. The predicted molar refractivity (Wildman–Crippen MR) is 94.4 cm³/mol. The van der Waals surface area contributed by atoms with Crippen molar-refractivity contribution in [1.29, 1.82) is 0 Å². The van der Waals surface area contributed by atoms with E-state index in [0.29, 0.717) is 22.6 Å². The molecule has 0 bridgehead atoms. The molecule has 0 atom stereocenters. The number of nitrogens with zero attached hydrogens (tertiary/aromatic N) is 1. The van der Waals surface area contributed by atoms with Gasteiger partial charge in [-0.15, -0.1) is 0 Å². The van der Waals surface area contributed by atoms with Crippen LogP contribution in [0.5, 0.6) is 17.2 Å². The van der Waals surface area contributed by atoms with Crippen molar-refractivity contribution in [2.75, 3.05) is 6.79 Å². The van der Waals surface area contributed by atoms with Gasteiger partial charge in [-0.1, -0.05) is 26.8 Å². The van der Waals surface area contributed by atoms with Crippen molar-refractivity contribution in [3.63, 3.8) is 0 Å². The number of nitrogens with one attached hydrogen (secondary N) is 1. The molecule has 0 unspecified atom stereocenters. The molecular weight excluding hydrogens is 320 g/mol. The molecule has 0 saturated heterocycles. The van der Waals surface area contributed by atoms with Gasteiger partial charge >= 0.3 is 0 Å². The number of aromatic hydroxyl groups is 1. The minimum absolute atomic E-state index is 0.0496. The van der Waals surface area contributed by atoms with Gasteiger partial charge in [0.15, 0.2) is 11.5 Å². The van der Waals surface area contributed by atoms with Crippen LogP contribution in [-0.4, -0.2) is 24.0 Å². The van der Waals surface area contributed by atoms with Crippen molar-refractivity contribution in [1.82, 2.24) is 5.43 Å². The van der Waals surface area contributed by atoms with Gasteiger partial charge < -0.3 is 14.6 Å². The Labute approximate surface area is 146 Å². The summed E-state index contributed by atoms with van der Waals surface area (Å²) in [6.45, 7) is 6.41. The summed E-state index contributed by atoms with van der Waals surface area (Å²) in [6, 6.07) is 10.3. The van der Waals surface area contributed by atoms with Crippen molar-refractivity contribution < 1.29 is 19.4 Å². The fourth-order valence-corrected chi connectivity index (χ4v) is 2.39. The molecule has 0 saturated carbocycles. The van der Waals surface area contributed by atoms with Gasteiger partial charge in [0.2, 0.25) is 6.79 Å². The molecule has 2 N–H and O–H groups in total. The normalized spacial score (nSPS) is 13.2. The highest BCUT2D eigenvalue weighted by Crippen LogP contribution is 2.32. The summed E-state index contributed by atoms with van der Waals surface area (Å²) in [6.07, 6.45) is 1.43. The van der Waals surface area contributed by atoms with Gasteiger partial charge in [-0.05, 0) is 41.3 Å². The van der Waals surface area contributed by atoms with Crippen molar-refractivity contribution in [2.24, 2.45) is 5.10 Å². The number of phenolic OH excluding ortho intramolecular Hbond substituents is 1. The summed E-state index contributed by atoms with van der Waals surface area (Å²) >= 11 is 0. The third-order valence-corrected chi connectivity index (χ3v) is 3.90. The smallest absolute Gasteiger partial charge is 0.271 e. The van der Waals surface area contributed by atoms with E-state index in [1.54, 1.807) is 24.3 Å². The number of carbonyl (C=O) groups is 1. The van der Waals surface area contributed by atoms with E-state index >= 15 is 0 Å². The summed E-state index contributed by atoms with van der Waals surface area (Å²) in [5.74, 6) is 0.881. The van der Waals surface area contributed by atoms with Crippen LogP contribution in [0, 0.1) is 0 Å². The fourth-order valence-electron chi connectivity index (χ4n) is 2.39. The van der Waals surface area contributed by atoms with E-state index in [1.165, 1.54) is 6.21 Å². The van der Waals surface area contributed by atoms with E-state index in [4.69, 9.17) is 9.47 Å². The highest BCUT2D eigenvalue weighted by atomic mass is 16.7. The molecular formula is C19H20N2O4. The molecule has 6 nitrogen and oxygen atoms in total. The van der Waals surface area contributed by atoms with Gasteiger partial charge in [0.1, 0.15) is 5.75 Å². The van der Waals surface area contributed by atoms with Gasteiger partial charge in [-0.25, -0.2) is 5.43 Å². The average Bonchev–Trinajstić information content (AvgIpc) is 3.03. The average molecular weight is 340 g/mol. The van der Waals surface area contributed by atoms with Gasteiger partial charge in [0.25, 0.3) is 5.91 Å². The summed E-state index contributed by atoms with van der Waals surface area (Å²) < 4.78 is 10.5. The summed E-state index contributed by atoms with van der Waals surface area (Å²) in [5, 5.41) is 13.9. The van der Waals surface area contributed by atoms with Crippen LogP contribution < -0.4 is 14.9 Å². The number of hydrogen-bond acceptors (Lipinski definition) is 5. The lowest BCUT2D eigenvalue weighted by Crippen LogP contribution is -2.17. The molecule has 1 amide bonds. The summed E-state index contributed by atoms with van der Waals surface area (Å²) in [7, 11) is 0. The number of phenols is 1. The van der Waals surface area contributed by atoms with Crippen LogP contribution in [0.3, 0.4) is 0 Å². The molecule has 130 valence electrons. The molecule has 2 aromatic carbocycles. The van der Waals surface area contributed by atoms with E-state index in [-0.39, 0.29) is 23.9 Å². The maximum Gasteiger partial charge on any atom is 0.271 e. The Kier molecular flexibility index (Phi) is 4.35. The lowest BCUT2D eigenvalue weighted by atomic mass is 9.86. The first-order valence-corrected chi connectivity index (χ1v) is 7.91.